The fraction of sp³-hybridized carbons (Fsp3) is 0.917. The fourth-order valence-electron chi connectivity index (χ4n) is 1.46. The topological polar surface area (TPSA) is 38.3 Å². The third-order valence-corrected chi connectivity index (χ3v) is 2.04. The maximum Gasteiger partial charge on any atom is 0.323 e. The highest BCUT2D eigenvalue weighted by Crippen LogP contribution is 2.16. The summed E-state index contributed by atoms with van der Waals surface area (Å²) in [6, 6.07) is -0.0887. The molecule has 0 aromatic rings. The van der Waals surface area contributed by atoms with E-state index in [1.165, 1.54) is 0 Å². The number of carbonyl (C=O) groups excluding carboxylic acids is 1. The molecule has 3 nitrogen and oxygen atoms in total. The molecule has 1 aliphatic heterocycles. The number of esters is 1. The van der Waals surface area contributed by atoms with Gasteiger partial charge in [0.2, 0.25) is 0 Å². The second-order valence-corrected chi connectivity index (χ2v) is 4.84. The molecule has 0 saturated carbocycles. The Morgan fingerprint density at radius 3 is 2.27 bits per heavy atom. The molecule has 92 valence electrons. The first kappa shape index (κ1) is 14.4. The van der Waals surface area contributed by atoms with Gasteiger partial charge in [-0.2, -0.15) is 0 Å². The zero-order valence-electron chi connectivity index (χ0n) is 10.9. The normalized spacial score (nSPS) is 25.5. The van der Waals surface area contributed by atoms with Crippen molar-refractivity contribution in [1.29, 1.82) is 0 Å². The van der Waals surface area contributed by atoms with Crippen molar-refractivity contribution in [1.82, 2.24) is 5.32 Å². The van der Waals surface area contributed by atoms with Crippen molar-refractivity contribution in [3.05, 3.63) is 0 Å². The Morgan fingerprint density at radius 1 is 1.40 bits per heavy atom. The number of nitrogens with one attached hydrogen (secondary N) is 1. The van der Waals surface area contributed by atoms with Gasteiger partial charge in [0.25, 0.3) is 0 Å². The molecule has 0 bridgehead atoms. The van der Waals surface area contributed by atoms with E-state index in [9.17, 15) is 4.79 Å². The van der Waals surface area contributed by atoms with Crippen LogP contribution in [0.2, 0.25) is 0 Å². The summed E-state index contributed by atoms with van der Waals surface area (Å²) in [5, 5.41) is 3.15. The Morgan fingerprint density at radius 2 is 1.93 bits per heavy atom. The van der Waals surface area contributed by atoms with Crippen molar-refractivity contribution in [3.8, 4) is 0 Å². The zero-order chi connectivity index (χ0) is 12.1. The van der Waals surface area contributed by atoms with Crippen LogP contribution in [0.1, 0.15) is 49.4 Å². The van der Waals surface area contributed by atoms with Crippen LogP contribution in [0.25, 0.3) is 0 Å². The van der Waals surface area contributed by atoms with Gasteiger partial charge in [-0.1, -0.05) is 20.8 Å². The van der Waals surface area contributed by atoms with Crippen LogP contribution < -0.4 is 5.32 Å². The first-order valence-corrected chi connectivity index (χ1v) is 5.85. The second-order valence-electron chi connectivity index (χ2n) is 4.84. The number of hydrogen-bond donors (Lipinski definition) is 1. The molecular weight excluding hydrogens is 190 g/mol. The van der Waals surface area contributed by atoms with Gasteiger partial charge in [0.15, 0.2) is 0 Å². The molecule has 0 aliphatic carbocycles. The van der Waals surface area contributed by atoms with Gasteiger partial charge in [-0.25, -0.2) is 0 Å². The Kier molecular flexibility index (Phi) is 5.88. The van der Waals surface area contributed by atoms with Gasteiger partial charge in [0, 0.05) is 1.43 Å². The molecule has 0 aromatic carbocycles. The third kappa shape index (κ3) is 5.78. The monoisotopic (exact) mass is 217 g/mol. The third-order valence-electron chi connectivity index (χ3n) is 2.04. The summed E-state index contributed by atoms with van der Waals surface area (Å²) in [6.07, 6.45) is 0.898. The zero-order valence-corrected chi connectivity index (χ0v) is 10.9. The molecule has 1 aliphatic rings. The lowest BCUT2D eigenvalue weighted by atomic mass is 10.1. The average Bonchev–Trinajstić information content (AvgIpc) is 2.52. The highest BCUT2D eigenvalue weighted by Gasteiger charge is 2.30. The number of rotatable bonds is 1. The molecular formula is C12H27NO2. The van der Waals surface area contributed by atoms with Gasteiger partial charge < -0.3 is 10.1 Å². The van der Waals surface area contributed by atoms with Gasteiger partial charge in [-0.05, 0) is 39.7 Å². The van der Waals surface area contributed by atoms with E-state index in [1.54, 1.807) is 0 Å². The maximum atomic E-state index is 11.5. The lowest BCUT2D eigenvalue weighted by Crippen LogP contribution is -2.37. The first-order valence-electron chi connectivity index (χ1n) is 5.85. The van der Waals surface area contributed by atoms with Gasteiger partial charge in [0.05, 0.1) is 0 Å². The van der Waals surface area contributed by atoms with E-state index in [4.69, 9.17) is 4.74 Å². The standard InChI is InChI=1S/C10H19NO2.C2H6.H2/c1-7-5-8(11-6-7)9(12)13-10(2,3)4;1-2;/h7-8,11H,5-6H2,1-4H3;1-2H3;1H/t7-,8?;;/m0../s1. The molecule has 1 unspecified atom stereocenters. The molecule has 1 fully saturated rings. The number of carbonyl (C=O) groups is 1. The van der Waals surface area contributed by atoms with Crippen molar-refractivity contribution < 1.29 is 11.0 Å². The van der Waals surface area contributed by atoms with E-state index in [1.807, 2.05) is 34.6 Å². The van der Waals surface area contributed by atoms with E-state index < -0.39 is 0 Å². The summed E-state index contributed by atoms with van der Waals surface area (Å²) in [7, 11) is 0. The van der Waals surface area contributed by atoms with E-state index >= 15 is 0 Å². The average molecular weight is 217 g/mol. The molecule has 2 atom stereocenters. The van der Waals surface area contributed by atoms with Crippen LogP contribution in [0.3, 0.4) is 0 Å². The van der Waals surface area contributed by atoms with Crippen molar-refractivity contribution in [2.45, 2.75) is 59.6 Å². The lowest BCUT2D eigenvalue weighted by Gasteiger charge is -2.22. The van der Waals surface area contributed by atoms with Crippen LogP contribution in [-0.4, -0.2) is 24.2 Å². The van der Waals surface area contributed by atoms with Crippen LogP contribution >= 0.6 is 0 Å². The molecule has 1 N–H and O–H groups in total. The van der Waals surface area contributed by atoms with E-state index in [-0.39, 0.29) is 19.0 Å². The molecule has 0 amide bonds. The van der Waals surface area contributed by atoms with Crippen LogP contribution in [0.15, 0.2) is 0 Å². The highest BCUT2D eigenvalue weighted by molar-refractivity contribution is 5.76. The summed E-state index contributed by atoms with van der Waals surface area (Å²) in [5.41, 5.74) is -0.370. The fourth-order valence-corrected chi connectivity index (χ4v) is 1.46. The number of ether oxygens (including phenoxy) is 1. The number of hydrogen-bond acceptors (Lipinski definition) is 3. The summed E-state index contributed by atoms with van der Waals surface area (Å²) < 4.78 is 5.27. The highest BCUT2D eigenvalue weighted by atomic mass is 16.6. The lowest BCUT2D eigenvalue weighted by molar-refractivity contribution is -0.157. The van der Waals surface area contributed by atoms with Gasteiger partial charge >= 0.3 is 5.97 Å². The Labute approximate surface area is 95.1 Å². The van der Waals surface area contributed by atoms with Crippen LogP contribution in [0, 0.1) is 5.92 Å². The van der Waals surface area contributed by atoms with E-state index in [0.717, 1.165) is 13.0 Å². The second kappa shape index (κ2) is 6.11. The quantitative estimate of drug-likeness (QED) is 0.686. The molecule has 0 radical (unpaired) electrons. The summed E-state index contributed by atoms with van der Waals surface area (Å²) in [5.74, 6) is 0.467. The minimum absolute atomic E-state index is 0. The Bertz CT molecular complexity index is 202. The molecule has 0 aromatic heterocycles. The van der Waals surface area contributed by atoms with Crippen LogP contribution in [0.4, 0.5) is 0 Å². The molecule has 1 saturated heterocycles. The molecule has 3 heteroatoms. The largest absolute Gasteiger partial charge is 0.459 e. The SMILES string of the molecule is CC.C[C@@H]1CNC(C(=O)OC(C)(C)C)C1.[HH]. The Hall–Kier alpha value is -0.570. The van der Waals surface area contributed by atoms with Gasteiger partial charge in [0.1, 0.15) is 11.6 Å². The molecule has 15 heavy (non-hydrogen) atoms. The van der Waals surface area contributed by atoms with Crippen molar-refractivity contribution in [2.75, 3.05) is 6.54 Å². The van der Waals surface area contributed by atoms with Gasteiger partial charge in [-0.15, -0.1) is 0 Å². The first-order chi connectivity index (χ1) is 6.88. The van der Waals surface area contributed by atoms with Crippen molar-refractivity contribution in [3.63, 3.8) is 0 Å². The summed E-state index contributed by atoms with van der Waals surface area (Å²) in [6.45, 7) is 12.7. The predicted octanol–water partition coefficient (Wildman–Crippen LogP) is 2.60. The van der Waals surface area contributed by atoms with Crippen LogP contribution in [-0.2, 0) is 9.53 Å². The van der Waals surface area contributed by atoms with Crippen molar-refractivity contribution >= 4 is 5.97 Å². The predicted molar refractivity (Wildman–Crippen MR) is 64.9 cm³/mol. The van der Waals surface area contributed by atoms with Gasteiger partial charge in [-0.3, -0.25) is 4.79 Å². The Balaban J connectivity index is 0. The van der Waals surface area contributed by atoms with E-state index in [0.29, 0.717) is 5.92 Å². The van der Waals surface area contributed by atoms with Crippen LogP contribution in [0.5, 0.6) is 0 Å². The molecule has 1 rings (SSSR count). The van der Waals surface area contributed by atoms with E-state index in [2.05, 4.69) is 12.2 Å². The maximum absolute atomic E-state index is 11.5. The van der Waals surface area contributed by atoms with Crippen molar-refractivity contribution in [2.24, 2.45) is 5.92 Å². The summed E-state index contributed by atoms with van der Waals surface area (Å²) >= 11 is 0. The summed E-state index contributed by atoms with van der Waals surface area (Å²) in [4.78, 5) is 11.5. The minimum atomic E-state index is -0.370. The smallest absolute Gasteiger partial charge is 0.323 e. The molecule has 1 heterocycles. The molecule has 0 spiro atoms. The minimum Gasteiger partial charge on any atom is -0.459 e.